The van der Waals surface area contributed by atoms with E-state index in [0.717, 1.165) is 26.9 Å². The van der Waals surface area contributed by atoms with E-state index in [1.807, 2.05) is 30.5 Å². The van der Waals surface area contributed by atoms with Gasteiger partial charge in [0.25, 0.3) is 0 Å². The largest absolute Gasteiger partial charge is 0.478 e. The fraction of sp³-hybridized carbons (Fsp3) is 0.267. The van der Waals surface area contributed by atoms with Crippen molar-refractivity contribution in [1.29, 1.82) is 0 Å². The van der Waals surface area contributed by atoms with E-state index in [2.05, 4.69) is 15.4 Å². The van der Waals surface area contributed by atoms with E-state index in [1.54, 1.807) is 23.5 Å². The highest BCUT2D eigenvalue weighted by Crippen LogP contribution is 2.17. The Morgan fingerprint density at radius 1 is 1.27 bits per heavy atom. The quantitative estimate of drug-likeness (QED) is 0.755. The molecular weight excluding hydrogens is 300 g/mol. The number of nitrogens with one attached hydrogen (secondary N) is 1. The lowest BCUT2D eigenvalue weighted by molar-refractivity contribution is 0.0697. The van der Waals surface area contributed by atoms with Crippen molar-refractivity contribution in [2.24, 2.45) is 0 Å². The summed E-state index contributed by atoms with van der Waals surface area (Å²) in [4.78, 5) is 16.2. The number of hydrogen-bond acceptors (Lipinski definition) is 5. The van der Waals surface area contributed by atoms with Gasteiger partial charge < -0.3 is 10.4 Å². The van der Waals surface area contributed by atoms with Crippen LogP contribution in [0.25, 0.3) is 4.96 Å². The highest BCUT2D eigenvalue weighted by atomic mass is 32.1. The number of imidazole rings is 1. The van der Waals surface area contributed by atoms with Crippen LogP contribution in [-0.2, 0) is 13.1 Å². The number of aromatic nitrogens is 3. The molecule has 114 valence electrons. The zero-order valence-electron chi connectivity index (χ0n) is 12.3. The lowest BCUT2D eigenvalue weighted by Gasteiger charge is -2.05. The van der Waals surface area contributed by atoms with Crippen molar-refractivity contribution in [2.75, 3.05) is 0 Å². The number of carboxylic acid groups (broad SMARTS) is 1. The van der Waals surface area contributed by atoms with Gasteiger partial charge in [0, 0.05) is 13.1 Å². The number of nitrogens with zero attached hydrogens (tertiary/aromatic N) is 3. The first kappa shape index (κ1) is 14.7. The van der Waals surface area contributed by atoms with E-state index >= 15 is 0 Å². The molecule has 0 spiro atoms. The maximum Gasteiger partial charge on any atom is 0.335 e. The Kier molecular flexibility index (Phi) is 3.91. The van der Waals surface area contributed by atoms with Crippen LogP contribution in [0.2, 0.25) is 0 Å². The molecular formula is C15H16N4O2S. The third kappa shape index (κ3) is 2.86. The standard InChI is InChI=1S/C15H16N4O2S/c1-9-13(19-15(17-9)22-10(2)18-19)8-16-7-11-3-5-12(6-4-11)14(20)21/h3-6,16H,7-8H2,1-2H3,(H,20,21). The second-order valence-corrected chi connectivity index (χ2v) is 6.23. The molecule has 7 heteroatoms. The predicted octanol–water partition coefficient (Wildman–Crippen LogP) is 2.40. The molecule has 2 aromatic heterocycles. The van der Waals surface area contributed by atoms with Crippen LogP contribution in [0.4, 0.5) is 0 Å². The Morgan fingerprint density at radius 2 is 2.00 bits per heavy atom. The summed E-state index contributed by atoms with van der Waals surface area (Å²) >= 11 is 1.58. The summed E-state index contributed by atoms with van der Waals surface area (Å²) in [5.41, 5.74) is 3.38. The van der Waals surface area contributed by atoms with Crippen LogP contribution < -0.4 is 5.32 Å². The van der Waals surface area contributed by atoms with Crippen LogP contribution in [0.5, 0.6) is 0 Å². The van der Waals surface area contributed by atoms with E-state index in [1.165, 1.54) is 0 Å². The number of rotatable bonds is 5. The molecule has 0 bridgehead atoms. The van der Waals surface area contributed by atoms with Crippen LogP contribution in [0.1, 0.15) is 32.3 Å². The van der Waals surface area contributed by atoms with Gasteiger partial charge in [-0.2, -0.15) is 5.10 Å². The molecule has 0 aliphatic rings. The highest BCUT2D eigenvalue weighted by molar-refractivity contribution is 7.16. The summed E-state index contributed by atoms with van der Waals surface area (Å²) in [7, 11) is 0. The zero-order chi connectivity index (χ0) is 15.7. The molecule has 0 aliphatic heterocycles. The SMILES string of the molecule is Cc1nn2c(CNCc3ccc(C(=O)O)cc3)c(C)nc2s1. The molecule has 0 saturated carbocycles. The maximum absolute atomic E-state index is 10.8. The van der Waals surface area contributed by atoms with Crippen molar-refractivity contribution >= 4 is 22.3 Å². The Bertz CT molecular complexity index is 820. The molecule has 2 heterocycles. The Morgan fingerprint density at radius 3 is 2.68 bits per heavy atom. The highest BCUT2D eigenvalue weighted by Gasteiger charge is 2.12. The molecule has 0 aliphatic carbocycles. The van der Waals surface area contributed by atoms with Gasteiger partial charge in [0.1, 0.15) is 5.01 Å². The van der Waals surface area contributed by atoms with Crippen LogP contribution >= 0.6 is 11.3 Å². The van der Waals surface area contributed by atoms with Crippen molar-refractivity contribution in [3.8, 4) is 0 Å². The smallest absolute Gasteiger partial charge is 0.335 e. The lowest BCUT2D eigenvalue weighted by atomic mass is 10.1. The van der Waals surface area contributed by atoms with E-state index in [4.69, 9.17) is 5.11 Å². The number of carboxylic acids is 1. The van der Waals surface area contributed by atoms with Crippen LogP contribution in [0.3, 0.4) is 0 Å². The second-order valence-electron chi connectivity index (χ2n) is 5.06. The van der Waals surface area contributed by atoms with Crippen molar-refractivity contribution < 1.29 is 9.90 Å². The fourth-order valence-corrected chi connectivity index (χ4v) is 3.09. The molecule has 0 amide bonds. The molecule has 0 radical (unpaired) electrons. The van der Waals surface area contributed by atoms with Gasteiger partial charge >= 0.3 is 5.97 Å². The molecule has 0 saturated heterocycles. The van der Waals surface area contributed by atoms with Gasteiger partial charge in [-0.05, 0) is 31.5 Å². The number of aromatic carboxylic acids is 1. The number of aryl methyl sites for hydroxylation is 2. The van der Waals surface area contributed by atoms with E-state index in [0.29, 0.717) is 18.7 Å². The number of fused-ring (bicyclic) bond motifs is 1. The minimum atomic E-state index is -0.907. The van der Waals surface area contributed by atoms with Crippen molar-refractivity contribution in [3.05, 3.63) is 51.8 Å². The normalized spacial score (nSPS) is 11.2. The molecule has 22 heavy (non-hydrogen) atoms. The molecule has 0 unspecified atom stereocenters. The molecule has 6 nitrogen and oxygen atoms in total. The summed E-state index contributed by atoms with van der Waals surface area (Å²) in [6.07, 6.45) is 0. The van der Waals surface area contributed by atoms with Crippen LogP contribution in [0, 0.1) is 13.8 Å². The molecule has 0 fully saturated rings. The van der Waals surface area contributed by atoms with Crippen molar-refractivity contribution in [1.82, 2.24) is 19.9 Å². The van der Waals surface area contributed by atoms with Gasteiger partial charge in [-0.3, -0.25) is 0 Å². The third-order valence-electron chi connectivity index (χ3n) is 3.42. The summed E-state index contributed by atoms with van der Waals surface area (Å²) in [6.45, 7) is 5.28. The monoisotopic (exact) mass is 316 g/mol. The molecule has 1 aromatic carbocycles. The Balaban J connectivity index is 1.66. The van der Waals surface area contributed by atoms with Gasteiger partial charge in [-0.1, -0.05) is 23.5 Å². The average Bonchev–Trinajstić information content (AvgIpc) is 2.96. The van der Waals surface area contributed by atoms with E-state index in [-0.39, 0.29) is 0 Å². The topological polar surface area (TPSA) is 79.5 Å². The van der Waals surface area contributed by atoms with Gasteiger partial charge in [0.15, 0.2) is 0 Å². The number of carbonyl (C=O) groups is 1. The zero-order valence-corrected chi connectivity index (χ0v) is 13.1. The molecule has 3 rings (SSSR count). The van der Waals surface area contributed by atoms with Gasteiger partial charge in [-0.25, -0.2) is 14.3 Å². The van der Waals surface area contributed by atoms with Crippen molar-refractivity contribution in [2.45, 2.75) is 26.9 Å². The summed E-state index contributed by atoms with van der Waals surface area (Å²) in [5.74, 6) is -0.907. The summed E-state index contributed by atoms with van der Waals surface area (Å²) < 4.78 is 1.88. The first-order chi connectivity index (χ1) is 10.5. The van der Waals surface area contributed by atoms with Crippen molar-refractivity contribution in [3.63, 3.8) is 0 Å². The Hall–Kier alpha value is -2.25. The van der Waals surface area contributed by atoms with Gasteiger partial charge in [0.05, 0.1) is 17.0 Å². The summed E-state index contributed by atoms with van der Waals surface area (Å²) in [5, 5.41) is 17.7. The lowest BCUT2D eigenvalue weighted by Crippen LogP contribution is -2.15. The predicted molar refractivity (Wildman–Crippen MR) is 84.3 cm³/mol. The first-order valence-corrected chi connectivity index (χ1v) is 7.71. The number of benzene rings is 1. The van der Waals surface area contributed by atoms with Crippen LogP contribution in [-0.4, -0.2) is 25.7 Å². The fourth-order valence-electron chi connectivity index (χ4n) is 2.28. The maximum atomic E-state index is 10.8. The van der Waals surface area contributed by atoms with Gasteiger partial charge in [-0.15, -0.1) is 0 Å². The summed E-state index contributed by atoms with van der Waals surface area (Å²) in [6, 6.07) is 6.88. The first-order valence-electron chi connectivity index (χ1n) is 6.89. The van der Waals surface area contributed by atoms with Crippen LogP contribution in [0.15, 0.2) is 24.3 Å². The average molecular weight is 316 g/mol. The molecule has 0 atom stereocenters. The molecule has 3 aromatic rings. The minimum Gasteiger partial charge on any atom is -0.478 e. The third-order valence-corrected chi connectivity index (χ3v) is 4.24. The van der Waals surface area contributed by atoms with E-state index in [9.17, 15) is 4.79 Å². The molecule has 2 N–H and O–H groups in total. The Labute approximate surface area is 131 Å². The van der Waals surface area contributed by atoms with Gasteiger partial charge in [0.2, 0.25) is 4.96 Å². The minimum absolute atomic E-state index is 0.301. The van der Waals surface area contributed by atoms with E-state index < -0.39 is 5.97 Å². The second kappa shape index (κ2) is 5.86. The number of hydrogen-bond donors (Lipinski definition) is 2.